The van der Waals surface area contributed by atoms with Crippen molar-refractivity contribution in [2.24, 2.45) is 0 Å². The Hall–Kier alpha value is -1.82. The SMILES string of the molecule is CCc1cc(C2CCCN2C(=O)Nc2ccccc2Br)on1. The van der Waals surface area contributed by atoms with Gasteiger partial charge in [0.15, 0.2) is 5.76 Å². The lowest BCUT2D eigenvalue weighted by molar-refractivity contribution is 0.195. The number of urea groups is 1. The van der Waals surface area contributed by atoms with E-state index in [-0.39, 0.29) is 12.1 Å². The number of halogens is 1. The second kappa shape index (κ2) is 6.52. The molecule has 0 spiro atoms. The number of amides is 2. The monoisotopic (exact) mass is 363 g/mol. The Morgan fingerprint density at radius 2 is 2.32 bits per heavy atom. The molecule has 1 N–H and O–H groups in total. The Labute approximate surface area is 137 Å². The number of anilines is 1. The van der Waals surface area contributed by atoms with E-state index < -0.39 is 0 Å². The third-order valence-corrected chi connectivity index (χ3v) is 4.59. The average molecular weight is 364 g/mol. The van der Waals surface area contributed by atoms with Crippen LogP contribution in [0.25, 0.3) is 0 Å². The van der Waals surface area contributed by atoms with Crippen molar-refractivity contribution in [2.75, 3.05) is 11.9 Å². The number of benzene rings is 1. The molecule has 3 rings (SSSR count). The molecule has 1 fully saturated rings. The number of carbonyl (C=O) groups is 1. The molecule has 1 aromatic heterocycles. The Morgan fingerprint density at radius 3 is 3.05 bits per heavy atom. The molecule has 22 heavy (non-hydrogen) atoms. The van der Waals surface area contributed by atoms with Crippen LogP contribution >= 0.6 is 15.9 Å². The van der Waals surface area contributed by atoms with Gasteiger partial charge in [-0.2, -0.15) is 0 Å². The number of hydrogen-bond acceptors (Lipinski definition) is 3. The normalized spacial score (nSPS) is 17.7. The topological polar surface area (TPSA) is 58.4 Å². The molecule has 0 aliphatic carbocycles. The Bertz CT molecular complexity index is 671. The van der Waals surface area contributed by atoms with E-state index >= 15 is 0 Å². The summed E-state index contributed by atoms with van der Waals surface area (Å²) < 4.78 is 6.28. The number of hydrogen-bond donors (Lipinski definition) is 1. The average Bonchev–Trinajstić information content (AvgIpc) is 3.17. The van der Waals surface area contributed by atoms with Crippen molar-refractivity contribution in [3.05, 3.63) is 46.3 Å². The number of aromatic nitrogens is 1. The third kappa shape index (κ3) is 3.02. The minimum absolute atomic E-state index is 0.0321. The van der Waals surface area contributed by atoms with E-state index in [9.17, 15) is 4.79 Å². The van der Waals surface area contributed by atoms with Crippen LogP contribution in [0.4, 0.5) is 10.5 Å². The van der Waals surface area contributed by atoms with Crippen LogP contribution in [0.1, 0.15) is 37.3 Å². The molecule has 1 unspecified atom stereocenters. The van der Waals surface area contributed by atoms with E-state index in [1.807, 2.05) is 42.2 Å². The quantitative estimate of drug-likeness (QED) is 0.880. The van der Waals surface area contributed by atoms with Gasteiger partial charge in [0.1, 0.15) is 0 Å². The lowest BCUT2D eigenvalue weighted by Crippen LogP contribution is -2.34. The Morgan fingerprint density at radius 1 is 1.50 bits per heavy atom. The van der Waals surface area contributed by atoms with Crippen molar-refractivity contribution in [2.45, 2.75) is 32.2 Å². The number of para-hydroxylation sites is 1. The van der Waals surface area contributed by atoms with Gasteiger partial charge >= 0.3 is 6.03 Å². The molecule has 6 heteroatoms. The zero-order valence-electron chi connectivity index (χ0n) is 12.4. The number of aryl methyl sites for hydroxylation is 1. The fourth-order valence-electron chi connectivity index (χ4n) is 2.71. The largest absolute Gasteiger partial charge is 0.359 e. The van der Waals surface area contributed by atoms with Gasteiger partial charge in [0, 0.05) is 17.1 Å². The van der Waals surface area contributed by atoms with Crippen LogP contribution < -0.4 is 5.32 Å². The molecule has 0 bridgehead atoms. The second-order valence-electron chi connectivity index (χ2n) is 5.34. The predicted molar refractivity (Wildman–Crippen MR) is 87.7 cm³/mol. The summed E-state index contributed by atoms with van der Waals surface area (Å²) in [5.41, 5.74) is 1.69. The summed E-state index contributed by atoms with van der Waals surface area (Å²) in [7, 11) is 0. The molecule has 0 saturated carbocycles. The molecule has 0 radical (unpaired) electrons. The third-order valence-electron chi connectivity index (χ3n) is 3.90. The van der Waals surface area contributed by atoms with Gasteiger partial charge in [-0.25, -0.2) is 4.79 Å². The summed E-state index contributed by atoms with van der Waals surface area (Å²) in [6, 6.07) is 9.40. The molecular weight excluding hydrogens is 346 g/mol. The molecule has 1 saturated heterocycles. The second-order valence-corrected chi connectivity index (χ2v) is 6.19. The lowest BCUT2D eigenvalue weighted by Gasteiger charge is -2.23. The minimum atomic E-state index is -0.108. The zero-order valence-corrected chi connectivity index (χ0v) is 14.0. The molecule has 1 atom stereocenters. The van der Waals surface area contributed by atoms with E-state index in [1.54, 1.807) is 0 Å². The first-order valence-electron chi connectivity index (χ1n) is 7.46. The molecule has 2 heterocycles. The number of rotatable bonds is 3. The van der Waals surface area contributed by atoms with Gasteiger partial charge in [-0.1, -0.05) is 24.2 Å². The van der Waals surface area contributed by atoms with Crippen molar-refractivity contribution in [3.63, 3.8) is 0 Å². The summed E-state index contributed by atoms with van der Waals surface area (Å²) in [5.74, 6) is 0.775. The molecule has 5 nitrogen and oxygen atoms in total. The Kier molecular flexibility index (Phi) is 4.47. The molecule has 1 aliphatic rings. The van der Waals surface area contributed by atoms with Gasteiger partial charge in [0.2, 0.25) is 0 Å². The van der Waals surface area contributed by atoms with Crippen LogP contribution in [-0.2, 0) is 6.42 Å². The molecule has 1 aliphatic heterocycles. The molecule has 1 aromatic carbocycles. The first-order chi connectivity index (χ1) is 10.7. The van der Waals surface area contributed by atoms with Crippen molar-refractivity contribution >= 4 is 27.6 Å². The van der Waals surface area contributed by atoms with Crippen LogP contribution in [0.15, 0.2) is 39.3 Å². The number of nitrogens with zero attached hydrogens (tertiary/aromatic N) is 2. The van der Waals surface area contributed by atoms with Crippen molar-refractivity contribution in [3.8, 4) is 0 Å². The Balaban J connectivity index is 1.75. The van der Waals surface area contributed by atoms with Gasteiger partial charge in [-0.3, -0.25) is 0 Å². The maximum atomic E-state index is 12.6. The van der Waals surface area contributed by atoms with Crippen molar-refractivity contribution < 1.29 is 9.32 Å². The van der Waals surface area contributed by atoms with Gasteiger partial charge in [0.05, 0.1) is 17.4 Å². The van der Waals surface area contributed by atoms with Gasteiger partial charge in [0.25, 0.3) is 0 Å². The summed E-state index contributed by atoms with van der Waals surface area (Å²) in [4.78, 5) is 14.4. The van der Waals surface area contributed by atoms with E-state index in [0.29, 0.717) is 0 Å². The number of carbonyl (C=O) groups excluding carboxylic acids is 1. The summed E-state index contributed by atoms with van der Waals surface area (Å²) >= 11 is 3.44. The molecular formula is C16H18BrN3O2. The minimum Gasteiger partial charge on any atom is -0.359 e. The highest BCUT2D eigenvalue weighted by Crippen LogP contribution is 2.33. The molecule has 2 aromatic rings. The van der Waals surface area contributed by atoms with E-state index in [1.165, 1.54) is 0 Å². The fraction of sp³-hybridized carbons (Fsp3) is 0.375. The van der Waals surface area contributed by atoms with Crippen LogP contribution in [-0.4, -0.2) is 22.6 Å². The van der Waals surface area contributed by atoms with E-state index in [4.69, 9.17) is 4.52 Å². The first-order valence-corrected chi connectivity index (χ1v) is 8.26. The van der Waals surface area contributed by atoms with Gasteiger partial charge in [-0.05, 0) is 47.3 Å². The lowest BCUT2D eigenvalue weighted by atomic mass is 10.1. The number of likely N-dealkylation sites (tertiary alicyclic amines) is 1. The summed E-state index contributed by atoms with van der Waals surface area (Å²) in [6.07, 6.45) is 2.71. The summed E-state index contributed by atoms with van der Waals surface area (Å²) in [5, 5.41) is 6.98. The first kappa shape index (κ1) is 15.1. The zero-order chi connectivity index (χ0) is 15.5. The van der Waals surface area contributed by atoms with Crippen LogP contribution in [0.2, 0.25) is 0 Å². The van der Waals surface area contributed by atoms with Crippen molar-refractivity contribution in [1.82, 2.24) is 10.1 Å². The van der Waals surface area contributed by atoms with Gasteiger partial charge < -0.3 is 14.7 Å². The van der Waals surface area contributed by atoms with E-state index in [2.05, 4.69) is 26.4 Å². The highest BCUT2D eigenvalue weighted by molar-refractivity contribution is 9.10. The smallest absolute Gasteiger partial charge is 0.322 e. The predicted octanol–water partition coefficient (Wildman–Crippen LogP) is 4.37. The maximum Gasteiger partial charge on any atom is 0.322 e. The standard InChI is InChI=1S/C16H18BrN3O2/c1-2-11-10-15(22-19-11)14-8-5-9-20(14)16(21)18-13-7-4-3-6-12(13)17/h3-4,6-7,10,14H,2,5,8-9H2,1H3,(H,18,21). The van der Waals surface area contributed by atoms with Crippen LogP contribution in [0.5, 0.6) is 0 Å². The maximum absolute atomic E-state index is 12.6. The summed E-state index contributed by atoms with van der Waals surface area (Å²) in [6.45, 7) is 2.76. The highest BCUT2D eigenvalue weighted by atomic mass is 79.9. The van der Waals surface area contributed by atoms with Gasteiger partial charge in [-0.15, -0.1) is 0 Å². The molecule has 2 amide bonds. The van der Waals surface area contributed by atoms with Crippen LogP contribution in [0.3, 0.4) is 0 Å². The highest BCUT2D eigenvalue weighted by Gasteiger charge is 2.33. The van der Waals surface area contributed by atoms with Crippen LogP contribution in [0, 0.1) is 0 Å². The van der Waals surface area contributed by atoms with E-state index in [0.717, 1.165) is 47.4 Å². The fourth-order valence-corrected chi connectivity index (χ4v) is 3.09. The van der Waals surface area contributed by atoms with Crippen molar-refractivity contribution in [1.29, 1.82) is 0 Å². The molecule has 116 valence electrons. The number of nitrogens with one attached hydrogen (secondary N) is 1.